The van der Waals surface area contributed by atoms with Crippen LogP contribution in [0.3, 0.4) is 0 Å². The summed E-state index contributed by atoms with van der Waals surface area (Å²) in [5, 5.41) is 2.74. The normalized spacial score (nSPS) is 11.0. The molecule has 0 aliphatic heterocycles. The monoisotopic (exact) mass is 375 g/mol. The van der Waals surface area contributed by atoms with Crippen LogP contribution in [0.2, 0.25) is 0 Å². The minimum atomic E-state index is -0.680. The summed E-state index contributed by atoms with van der Waals surface area (Å²) in [5.41, 5.74) is -0.348. The van der Waals surface area contributed by atoms with Crippen LogP contribution >= 0.6 is 15.9 Å². The molecule has 0 aliphatic rings. The highest BCUT2D eigenvalue weighted by atomic mass is 79.9. The first kappa shape index (κ1) is 18.4. The molecule has 0 saturated carbocycles. The third-order valence-corrected chi connectivity index (χ3v) is 3.59. The fourth-order valence-corrected chi connectivity index (χ4v) is 1.88. The molecule has 1 aromatic carbocycles. The Hall–Kier alpha value is -1.63. The first-order valence-corrected chi connectivity index (χ1v) is 7.57. The molecule has 5 nitrogen and oxygen atoms in total. The van der Waals surface area contributed by atoms with Crippen LogP contribution in [0.4, 0.5) is 4.39 Å². The summed E-state index contributed by atoms with van der Waals surface area (Å²) < 4.78 is 23.3. The molecule has 1 amide bonds. The number of rotatable bonds is 7. The Balaban J connectivity index is 2.36. The van der Waals surface area contributed by atoms with Crippen molar-refractivity contribution in [1.82, 2.24) is 5.32 Å². The van der Waals surface area contributed by atoms with E-state index in [9.17, 15) is 14.0 Å². The Bertz CT molecular complexity index is 548. The van der Waals surface area contributed by atoms with Crippen molar-refractivity contribution in [3.05, 3.63) is 28.5 Å². The molecule has 0 aromatic heterocycles. The fourth-order valence-electron chi connectivity index (χ4n) is 1.42. The lowest BCUT2D eigenvalue weighted by atomic mass is 10.0. The maximum absolute atomic E-state index is 12.9. The lowest BCUT2D eigenvalue weighted by molar-refractivity contribution is -0.150. The van der Waals surface area contributed by atoms with Crippen LogP contribution in [0.15, 0.2) is 22.7 Å². The Kier molecular flexibility index (Phi) is 6.80. The molecule has 0 spiro atoms. The summed E-state index contributed by atoms with van der Waals surface area (Å²) in [7, 11) is 0. The van der Waals surface area contributed by atoms with Gasteiger partial charge >= 0.3 is 5.97 Å². The number of hydrogen-bond acceptors (Lipinski definition) is 4. The van der Waals surface area contributed by atoms with Gasteiger partial charge in [-0.2, -0.15) is 0 Å². The smallest absolute Gasteiger partial charge is 0.344 e. The number of ether oxygens (including phenoxy) is 2. The van der Waals surface area contributed by atoms with Crippen molar-refractivity contribution in [2.75, 3.05) is 13.2 Å². The summed E-state index contributed by atoms with van der Waals surface area (Å²) in [6.07, 6.45) is 0.758. The third kappa shape index (κ3) is 6.43. The van der Waals surface area contributed by atoms with Crippen LogP contribution in [-0.4, -0.2) is 30.6 Å². The molecule has 122 valence electrons. The molecule has 0 fully saturated rings. The largest absolute Gasteiger partial charge is 0.481 e. The molecule has 0 saturated heterocycles. The van der Waals surface area contributed by atoms with Crippen LogP contribution in [0.5, 0.6) is 5.75 Å². The van der Waals surface area contributed by atoms with Crippen molar-refractivity contribution >= 4 is 27.8 Å². The molecule has 0 radical (unpaired) electrons. The quantitative estimate of drug-likeness (QED) is 0.744. The van der Waals surface area contributed by atoms with Crippen LogP contribution < -0.4 is 10.1 Å². The van der Waals surface area contributed by atoms with E-state index in [-0.39, 0.29) is 24.7 Å². The number of amides is 1. The predicted molar refractivity (Wildman–Crippen MR) is 83.1 cm³/mol. The third-order valence-electron chi connectivity index (χ3n) is 2.97. The average molecular weight is 376 g/mol. The Morgan fingerprint density at radius 2 is 2.00 bits per heavy atom. The summed E-state index contributed by atoms with van der Waals surface area (Å²) in [6.45, 7) is 4.97. The molecule has 1 aromatic rings. The zero-order valence-corrected chi connectivity index (χ0v) is 14.3. The molecule has 0 heterocycles. The van der Waals surface area contributed by atoms with Gasteiger partial charge in [0.2, 0.25) is 0 Å². The van der Waals surface area contributed by atoms with Gasteiger partial charge in [-0.05, 0) is 54.4 Å². The van der Waals surface area contributed by atoms with Crippen LogP contribution in [-0.2, 0) is 14.3 Å². The molecule has 0 atom stereocenters. The van der Waals surface area contributed by atoms with E-state index in [1.807, 2.05) is 20.8 Å². The van der Waals surface area contributed by atoms with Gasteiger partial charge in [0.05, 0.1) is 4.47 Å². The number of halogens is 2. The van der Waals surface area contributed by atoms with Gasteiger partial charge in [-0.1, -0.05) is 6.92 Å². The summed E-state index contributed by atoms with van der Waals surface area (Å²) in [6, 6.07) is 3.83. The van der Waals surface area contributed by atoms with Gasteiger partial charge in [-0.15, -0.1) is 0 Å². The minimum Gasteiger partial charge on any atom is -0.481 e. The Morgan fingerprint density at radius 1 is 1.32 bits per heavy atom. The summed E-state index contributed by atoms with van der Waals surface area (Å²) in [5.74, 6) is -1.16. The standard InChI is InChI=1S/C15H19BrFNO4/c1-4-15(2,3)18-13(19)8-22-14(20)9-21-12-6-5-10(17)7-11(12)16/h5-7H,4,8-9H2,1-3H3,(H,18,19). The van der Waals surface area contributed by atoms with Gasteiger partial charge in [0.25, 0.3) is 5.91 Å². The second kappa shape index (κ2) is 8.12. The number of nitrogens with one attached hydrogen (secondary N) is 1. The van der Waals surface area contributed by atoms with Gasteiger partial charge in [-0.3, -0.25) is 4.79 Å². The highest BCUT2D eigenvalue weighted by molar-refractivity contribution is 9.10. The second-order valence-corrected chi connectivity index (χ2v) is 6.16. The van der Waals surface area contributed by atoms with Gasteiger partial charge in [-0.25, -0.2) is 9.18 Å². The van der Waals surface area contributed by atoms with Gasteiger partial charge in [0, 0.05) is 5.54 Å². The SMILES string of the molecule is CCC(C)(C)NC(=O)COC(=O)COc1ccc(F)cc1Br. The van der Waals surface area contributed by atoms with Gasteiger partial charge < -0.3 is 14.8 Å². The lowest BCUT2D eigenvalue weighted by Gasteiger charge is -2.24. The van der Waals surface area contributed by atoms with E-state index in [1.54, 1.807) is 0 Å². The lowest BCUT2D eigenvalue weighted by Crippen LogP contribution is -2.44. The minimum absolute atomic E-state index is 0.315. The highest BCUT2D eigenvalue weighted by Gasteiger charge is 2.18. The van der Waals surface area contributed by atoms with Crippen molar-refractivity contribution < 1.29 is 23.5 Å². The van der Waals surface area contributed by atoms with Crippen LogP contribution in [0.1, 0.15) is 27.2 Å². The van der Waals surface area contributed by atoms with E-state index < -0.39 is 11.8 Å². The predicted octanol–water partition coefficient (Wildman–Crippen LogP) is 2.82. The zero-order valence-electron chi connectivity index (χ0n) is 12.7. The molecule has 1 rings (SSSR count). The number of carbonyl (C=O) groups is 2. The van der Waals surface area contributed by atoms with Crippen molar-refractivity contribution in [2.45, 2.75) is 32.7 Å². The zero-order chi connectivity index (χ0) is 16.8. The maximum atomic E-state index is 12.9. The number of benzene rings is 1. The average Bonchev–Trinajstić information content (AvgIpc) is 2.43. The van der Waals surface area contributed by atoms with Crippen molar-refractivity contribution in [2.24, 2.45) is 0 Å². The Morgan fingerprint density at radius 3 is 2.59 bits per heavy atom. The first-order valence-electron chi connectivity index (χ1n) is 6.78. The fraction of sp³-hybridized carbons (Fsp3) is 0.467. The number of carbonyl (C=O) groups excluding carboxylic acids is 2. The topological polar surface area (TPSA) is 64.6 Å². The molecule has 22 heavy (non-hydrogen) atoms. The summed E-state index contributed by atoms with van der Waals surface area (Å²) >= 11 is 3.12. The number of esters is 1. The van der Waals surface area contributed by atoms with Gasteiger partial charge in [0.1, 0.15) is 11.6 Å². The van der Waals surface area contributed by atoms with Crippen LogP contribution in [0, 0.1) is 5.82 Å². The molecule has 0 aliphatic carbocycles. The second-order valence-electron chi connectivity index (χ2n) is 5.31. The Labute approximate surface area is 137 Å². The van der Waals surface area contributed by atoms with E-state index >= 15 is 0 Å². The maximum Gasteiger partial charge on any atom is 0.344 e. The van der Waals surface area contributed by atoms with Crippen molar-refractivity contribution in [3.8, 4) is 5.75 Å². The highest BCUT2D eigenvalue weighted by Crippen LogP contribution is 2.25. The van der Waals surface area contributed by atoms with Crippen molar-refractivity contribution in [3.63, 3.8) is 0 Å². The molecule has 0 unspecified atom stereocenters. The van der Waals surface area contributed by atoms with Crippen molar-refractivity contribution in [1.29, 1.82) is 0 Å². The van der Waals surface area contributed by atoms with E-state index in [4.69, 9.17) is 9.47 Å². The molecular weight excluding hydrogens is 357 g/mol. The first-order chi connectivity index (χ1) is 10.2. The molecule has 0 bridgehead atoms. The van der Waals surface area contributed by atoms with E-state index in [2.05, 4.69) is 21.2 Å². The molecular formula is C15H19BrFNO4. The molecule has 1 N–H and O–H groups in total. The van der Waals surface area contributed by atoms with E-state index in [1.165, 1.54) is 18.2 Å². The molecule has 7 heteroatoms. The van der Waals surface area contributed by atoms with Crippen LogP contribution in [0.25, 0.3) is 0 Å². The van der Waals surface area contributed by atoms with Gasteiger partial charge in [0.15, 0.2) is 13.2 Å². The van der Waals surface area contributed by atoms with E-state index in [0.717, 1.165) is 6.42 Å². The van der Waals surface area contributed by atoms with E-state index in [0.29, 0.717) is 10.2 Å². The number of hydrogen-bond donors (Lipinski definition) is 1. The summed E-state index contributed by atoms with van der Waals surface area (Å²) in [4.78, 5) is 23.1.